The summed E-state index contributed by atoms with van der Waals surface area (Å²) in [5, 5.41) is 21.7. The molecule has 2 fully saturated rings. The lowest BCUT2D eigenvalue weighted by Gasteiger charge is -2.21. The first-order chi connectivity index (χ1) is 9.60. The van der Waals surface area contributed by atoms with E-state index in [2.05, 4.69) is 26.0 Å². The smallest absolute Gasteiger partial charge is 0.171 e. The van der Waals surface area contributed by atoms with Gasteiger partial charge in [0.25, 0.3) is 0 Å². The first-order valence-electron chi connectivity index (χ1n) is 6.80. The van der Waals surface area contributed by atoms with Crippen molar-refractivity contribution < 1.29 is 10.3 Å². The van der Waals surface area contributed by atoms with Gasteiger partial charge in [0, 0.05) is 34.7 Å². The third-order valence-corrected chi connectivity index (χ3v) is 5.18. The number of fused-ring (bicyclic) bond motifs is 1. The van der Waals surface area contributed by atoms with E-state index < -0.39 is 0 Å². The second-order valence-corrected chi connectivity index (χ2v) is 6.48. The molecule has 3 unspecified atom stereocenters. The molecule has 3 atom stereocenters. The van der Waals surface area contributed by atoms with Crippen LogP contribution in [0.25, 0.3) is 0 Å². The molecule has 1 saturated carbocycles. The van der Waals surface area contributed by atoms with E-state index in [1.54, 1.807) is 0 Å². The van der Waals surface area contributed by atoms with Crippen LogP contribution in [-0.2, 0) is 0 Å². The number of nitrogens with two attached hydrogens (primary N) is 1. The number of hydrogen-bond acceptors (Lipinski definition) is 4. The van der Waals surface area contributed by atoms with E-state index in [1.165, 1.54) is 0 Å². The Bertz CT molecular complexity index is 549. The highest BCUT2D eigenvalue weighted by molar-refractivity contribution is 9.10. The second kappa shape index (κ2) is 5.26. The fourth-order valence-corrected chi connectivity index (χ4v) is 3.98. The Labute approximate surface area is 126 Å². The summed E-state index contributed by atoms with van der Waals surface area (Å²) in [7, 11) is 0. The summed E-state index contributed by atoms with van der Waals surface area (Å²) in [5.74, 6) is 1.10. The van der Waals surface area contributed by atoms with Gasteiger partial charge >= 0.3 is 0 Å². The first-order valence-corrected chi connectivity index (χ1v) is 7.60. The number of amidine groups is 1. The summed E-state index contributed by atoms with van der Waals surface area (Å²) < 4.78 is 0.808. The Balaban J connectivity index is 1.81. The molecule has 20 heavy (non-hydrogen) atoms. The molecular weight excluding hydrogens is 322 g/mol. The quantitative estimate of drug-likeness (QED) is 0.332. The van der Waals surface area contributed by atoms with Gasteiger partial charge < -0.3 is 20.9 Å². The molecule has 0 radical (unpaired) electrons. The molecule has 1 aromatic carbocycles. The molecular formula is C14H18BrN3O2. The van der Waals surface area contributed by atoms with Gasteiger partial charge in [0.15, 0.2) is 5.84 Å². The lowest BCUT2D eigenvalue weighted by Crippen LogP contribution is -2.24. The monoisotopic (exact) mass is 339 g/mol. The minimum absolute atomic E-state index is 0.0946. The van der Waals surface area contributed by atoms with E-state index in [4.69, 9.17) is 10.9 Å². The van der Waals surface area contributed by atoms with Gasteiger partial charge in [-0.25, -0.2) is 0 Å². The topological polar surface area (TPSA) is 82.1 Å². The highest BCUT2D eigenvalue weighted by Crippen LogP contribution is 2.40. The van der Waals surface area contributed by atoms with Crippen molar-refractivity contribution in [3.8, 4) is 0 Å². The van der Waals surface area contributed by atoms with Gasteiger partial charge in [0.2, 0.25) is 0 Å². The SMILES string of the molecule is N/C(=N/O)c1ccc(N2CC3CCC(O)C3C2)cc1Br. The highest BCUT2D eigenvalue weighted by atomic mass is 79.9. The summed E-state index contributed by atoms with van der Waals surface area (Å²) in [6.07, 6.45) is 1.91. The van der Waals surface area contributed by atoms with Crippen molar-refractivity contribution in [3.05, 3.63) is 28.2 Å². The Morgan fingerprint density at radius 1 is 1.35 bits per heavy atom. The van der Waals surface area contributed by atoms with Crippen LogP contribution in [0.2, 0.25) is 0 Å². The average Bonchev–Trinajstić information content (AvgIpc) is 3.00. The summed E-state index contributed by atoms with van der Waals surface area (Å²) in [6.45, 7) is 1.90. The van der Waals surface area contributed by atoms with Crippen molar-refractivity contribution in [1.82, 2.24) is 0 Å². The standard InChI is InChI=1S/C14H18BrN3O2/c15-12-5-9(2-3-10(12)14(16)17-20)18-6-8-1-4-13(19)11(8)7-18/h2-3,5,8,11,13,19-20H,1,4,6-7H2,(H2,16,17). The molecule has 3 rings (SSSR count). The summed E-state index contributed by atoms with van der Waals surface area (Å²) in [6, 6.07) is 5.81. The van der Waals surface area contributed by atoms with E-state index in [0.29, 0.717) is 17.4 Å². The molecule has 1 heterocycles. The molecule has 0 aromatic heterocycles. The highest BCUT2D eigenvalue weighted by Gasteiger charge is 2.41. The molecule has 0 spiro atoms. The maximum absolute atomic E-state index is 9.97. The zero-order valence-corrected chi connectivity index (χ0v) is 12.6. The summed E-state index contributed by atoms with van der Waals surface area (Å²) >= 11 is 3.46. The van der Waals surface area contributed by atoms with E-state index in [0.717, 1.165) is 36.1 Å². The molecule has 6 heteroatoms. The lowest BCUT2D eigenvalue weighted by molar-refractivity contribution is 0.133. The fraction of sp³-hybridized carbons (Fsp3) is 0.500. The Kier molecular flexibility index (Phi) is 3.60. The van der Waals surface area contributed by atoms with Gasteiger partial charge in [-0.05, 0) is 52.9 Å². The number of nitrogens with zero attached hydrogens (tertiary/aromatic N) is 2. The van der Waals surface area contributed by atoms with Crippen LogP contribution < -0.4 is 10.6 Å². The number of benzene rings is 1. The summed E-state index contributed by atoms with van der Waals surface area (Å²) in [5.41, 5.74) is 7.40. The average molecular weight is 340 g/mol. The molecule has 108 valence electrons. The number of anilines is 1. The van der Waals surface area contributed by atoms with Crippen LogP contribution in [0.5, 0.6) is 0 Å². The van der Waals surface area contributed by atoms with Crippen molar-refractivity contribution in [2.24, 2.45) is 22.7 Å². The second-order valence-electron chi connectivity index (χ2n) is 5.62. The minimum atomic E-state index is -0.148. The molecule has 1 aliphatic carbocycles. The number of halogens is 1. The zero-order chi connectivity index (χ0) is 14.3. The molecule has 0 amide bonds. The van der Waals surface area contributed by atoms with Gasteiger partial charge in [0.05, 0.1) is 6.10 Å². The van der Waals surface area contributed by atoms with Crippen LogP contribution in [-0.4, -0.2) is 35.3 Å². The van der Waals surface area contributed by atoms with Crippen LogP contribution in [0.1, 0.15) is 18.4 Å². The molecule has 1 saturated heterocycles. The van der Waals surface area contributed by atoms with Crippen LogP contribution in [0.4, 0.5) is 5.69 Å². The molecule has 1 aromatic rings. The number of rotatable bonds is 2. The van der Waals surface area contributed by atoms with E-state index >= 15 is 0 Å². The van der Waals surface area contributed by atoms with E-state index in [9.17, 15) is 5.11 Å². The molecule has 0 bridgehead atoms. The van der Waals surface area contributed by atoms with Gasteiger partial charge in [-0.2, -0.15) is 0 Å². The summed E-state index contributed by atoms with van der Waals surface area (Å²) in [4.78, 5) is 2.30. The van der Waals surface area contributed by atoms with Crippen molar-refractivity contribution in [3.63, 3.8) is 0 Å². The van der Waals surface area contributed by atoms with E-state index in [-0.39, 0.29) is 11.9 Å². The van der Waals surface area contributed by atoms with Crippen molar-refractivity contribution in [2.75, 3.05) is 18.0 Å². The van der Waals surface area contributed by atoms with Crippen LogP contribution in [0, 0.1) is 11.8 Å². The van der Waals surface area contributed by atoms with E-state index in [1.807, 2.05) is 18.2 Å². The predicted octanol–water partition coefficient (Wildman–Crippen LogP) is 1.75. The lowest BCUT2D eigenvalue weighted by atomic mass is 10.00. The van der Waals surface area contributed by atoms with Gasteiger partial charge in [-0.1, -0.05) is 5.16 Å². The molecule has 5 nitrogen and oxygen atoms in total. The van der Waals surface area contributed by atoms with Crippen LogP contribution in [0.15, 0.2) is 27.8 Å². The largest absolute Gasteiger partial charge is 0.409 e. The molecule has 1 aliphatic heterocycles. The predicted molar refractivity (Wildman–Crippen MR) is 81.1 cm³/mol. The number of hydrogen-bond donors (Lipinski definition) is 3. The Morgan fingerprint density at radius 2 is 2.15 bits per heavy atom. The maximum atomic E-state index is 9.97. The van der Waals surface area contributed by atoms with Crippen molar-refractivity contribution in [1.29, 1.82) is 0 Å². The molecule has 2 aliphatic rings. The van der Waals surface area contributed by atoms with Gasteiger partial charge in [-0.3, -0.25) is 0 Å². The maximum Gasteiger partial charge on any atom is 0.171 e. The number of aliphatic hydroxyl groups is 1. The van der Waals surface area contributed by atoms with Crippen molar-refractivity contribution >= 4 is 27.5 Å². The third-order valence-electron chi connectivity index (χ3n) is 4.52. The number of aliphatic hydroxyl groups excluding tert-OH is 1. The Morgan fingerprint density at radius 3 is 2.80 bits per heavy atom. The first kappa shape index (κ1) is 13.7. The normalized spacial score (nSPS) is 29.8. The van der Waals surface area contributed by atoms with Crippen LogP contribution >= 0.6 is 15.9 Å². The Hall–Kier alpha value is -1.27. The van der Waals surface area contributed by atoms with Crippen LogP contribution in [0.3, 0.4) is 0 Å². The minimum Gasteiger partial charge on any atom is -0.409 e. The van der Waals surface area contributed by atoms with Gasteiger partial charge in [0.1, 0.15) is 0 Å². The van der Waals surface area contributed by atoms with Crippen molar-refractivity contribution in [2.45, 2.75) is 18.9 Å². The van der Waals surface area contributed by atoms with Gasteiger partial charge in [-0.15, -0.1) is 0 Å². The third kappa shape index (κ3) is 2.27. The number of oxime groups is 1. The fourth-order valence-electron chi connectivity index (χ4n) is 3.41. The molecule has 4 N–H and O–H groups in total. The zero-order valence-electron chi connectivity index (χ0n) is 11.0.